The smallest absolute Gasteiger partial charge is 0.306 e. The molecule has 0 saturated carbocycles. The summed E-state index contributed by atoms with van der Waals surface area (Å²) in [5.74, 6) is 0. The van der Waals surface area contributed by atoms with E-state index in [4.69, 9.17) is 23.2 Å². The van der Waals surface area contributed by atoms with Crippen LogP contribution in [0.25, 0.3) is 0 Å². The summed E-state index contributed by atoms with van der Waals surface area (Å²) >= 11 is 10.7. The minimum Gasteiger partial charge on any atom is -0.306 e. The molecule has 0 aliphatic rings. The van der Waals surface area contributed by atoms with Gasteiger partial charge in [-0.1, -0.05) is 11.6 Å². The van der Waals surface area contributed by atoms with Crippen LogP contribution in [0.3, 0.4) is 0 Å². The van der Waals surface area contributed by atoms with E-state index in [2.05, 4.69) is 10.2 Å². The quantitative estimate of drug-likeness (QED) is 0.510. The zero-order valence-corrected chi connectivity index (χ0v) is 12.2. The van der Waals surface area contributed by atoms with Gasteiger partial charge in [0, 0.05) is 17.6 Å². The maximum atomic E-state index is 12.6. The molecule has 0 atom stereocenters. The highest BCUT2D eigenvalue weighted by Crippen LogP contribution is 2.42. The molecule has 1 rings (SSSR count). The minimum absolute atomic E-state index is 0.0585. The molecule has 0 unspecified atom stereocenters. The molecule has 0 aromatic heterocycles. The maximum Gasteiger partial charge on any atom is 0.375 e. The van der Waals surface area contributed by atoms with Crippen LogP contribution >= 0.6 is 35.0 Å². The second-order valence-corrected chi connectivity index (χ2v) is 5.57. The van der Waals surface area contributed by atoms with Crippen molar-refractivity contribution >= 4 is 46.7 Å². The van der Waals surface area contributed by atoms with Gasteiger partial charge in [0.05, 0.1) is 12.1 Å². The lowest BCUT2D eigenvalue weighted by molar-refractivity contribution is -0.0598. The molecule has 0 aliphatic carbocycles. The Hall–Kier alpha value is -0.760. The van der Waals surface area contributed by atoms with Crippen LogP contribution in [-0.4, -0.2) is 30.0 Å². The number of amides is 2. The van der Waals surface area contributed by atoms with Gasteiger partial charge in [-0.25, -0.2) is 9.86 Å². The van der Waals surface area contributed by atoms with Crippen LogP contribution in [-0.2, 0) is 4.84 Å². The summed E-state index contributed by atoms with van der Waals surface area (Å²) < 4.78 is 21.8. The number of thioether (sulfide) groups is 1. The van der Waals surface area contributed by atoms with Crippen molar-refractivity contribution in [1.82, 2.24) is 5.06 Å². The highest BCUT2D eigenvalue weighted by Gasteiger charge is 2.27. The monoisotopic (exact) mass is 330 g/mol. The van der Waals surface area contributed by atoms with E-state index in [0.29, 0.717) is 5.69 Å². The number of hydrogen-bond donors (Lipinski definition) is 1. The molecular weight excluding hydrogens is 321 g/mol. The lowest BCUT2D eigenvalue weighted by atomic mass is 10.3. The van der Waals surface area contributed by atoms with Gasteiger partial charge >= 0.3 is 10.7 Å². The standard InChI is InChI=1S/C10H10Cl2F2N2O2S/c1-16(18-2)9(17)15-6-3-4-8(7(11)5-6)19-10(12,13)14/h3-5H,1-2H3,(H,15,17). The van der Waals surface area contributed by atoms with Crippen LogP contribution in [0.2, 0.25) is 5.02 Å². The topological polar surface area (TPSA) is 41.6 Å². The molecule has 2 amide bonds. The van der Waals surface area contributed by atoms with Gasteiger partial charge in [0.2, 0.25) is 0 Å². The first-order valence-corrected chi connectivity index (χ1v) is 6.44. The van der Waals surface area contributed by atoms with E-state index in [-0.39, 0.29) is 21.7 Å². The zero-order chi connectivity index (χ0) is 14.6. The van der Waals surface area contributed by atoms with Crippen LogP contribution < -0.4 is 5.32 Å². The number of anilines is 1. The third-order valence-electron chi connectivity index (χ3n) is 1.97. The highest BCUT2D eigenvalue weighted by atomic mass is 35.5. The number of urea groups is 1. The molecule has 0 fully saturated rings. The van der Waals surface area contributed by atoms with E-state index < -0.39 is 10.7 Å². The molecule has 106 valence electrons. The summed E-state index contributed by atoms with van der Waals surface area (Å²) in [5, 5.41) is 3.49. The summed E-state index contributed by atoms with van der Waals surface area (Å²) in [4.78, 5) is 16.3. The van der Waals surface area contributed by atoms with Crippen molar-refractivity contribution in [3.8, 4) is 0 Å². The molecule has 19 heavy (non-hydrogen) atoms. The number of carbonyl (C=O) groups excluding carboxylic acids is 1. The van der Waals surface area contributed by atoms with Gasteiger partial charge in [0.1, 0.15) is 0 Å². The summed E-state index contributed by atoms with van der Waals surface area (Å²) in [6.45, 7) is 0. The van der Waals surface area contributed by atoms with Crippen LogP contribution in [0.1, 0.15) is 0 Å². The van der Waals surface area contributed by atoms with Gasteiger partial charge in [0.25, 0.3) is 0 Å². The Morgan fingerprint density at radius 2 is 2.16 bits per heavy atom. The van der Waals surface area contributed by atoms with Gasteiger partial charge in [0.15, 0.2) is 0 Å². The number of benzene rings is 1. The Morgan fingerprint density at radius 1 is 1.53 bits per heavy atom. The third-order valence-corrected chi connectivity index (χ3v) is 3.43. The van der Waals surface area contributed by atoms with Crippen LogP contribution in [0.4, 0.5) is 19.3 Å². The molecule has 0 bridgehead atoms. The third kappa shape index (κ3) is 5.40. The van der Waals surface area contributed by atoms with Crippen molar-refractivity contribution in [3.05, 3.63) is 23.2 Å². The molecular formula is C10H10Cl2F2N2O2S. The summed E-state index contributed by atoms with van der Waals surface area (Å²) in [6, 6.07) is 3.58. The molecule has 1 aromatic carbocycles. The number of nitrogens with zero attached hydrogens (tertiary/aromatic N) is 1. The number of nitrogens with one attached hydrogen (secondary N) is 1. The number of hydrogen-bond acceptors (Lipinski definition) is 3. The van der Waals surface area contributed by atoms with Crippen molar-refractivity contribution in [3.63, 3.8) is 0 Å². The van der Waals surface area contributed by atoms with E-state index >= 15 is 0 Å². The fourth-order valence-corrected chi connectivity index (χ4v) is 2.16. The van der Waals surface area contributed by atoms with Crippen molar-refractivity contribution in [2.24, 2.45) is 0 Å². The fraction of sp³-hybridized carbons (Fsp3) is 0.300. The Balaban J connectivity index is 2.80. The van der Waals surface area contributed by atoms with Crippen molar-refractivity contribution in [2.45, 2.75) is 9.61 Å². The molecule has 1 aromatic rings. The molecule has 0 spiro atoms. The molecule has 0 heterocycles. The SMILES string of the molecule is CON(C)C(=O)Nc1ccc(SC(F)(F)Cl)c(Cl)c1. The second-order valence-electron chi connectivity index (χ2n) is 3.30. The van der Waals surface area contributed by atoms with E-state index in [0.717, 1.165) is 5.06 Å². The average molecular weight is 331 g/mol. The predicted octanol–water partition coefficient (Wildman–Crippen LogP) is 4.25. The van der Waals surface area contributed by atoms with E-state index in [1.54, 1.807) is 0 Å². The van der Waals surface area contributed by atoms with Gasteiger partial charge in [-0.3, -0.25) is 4.84 Å². The zero-order valence-electron chi connectivity index (χ0n) is 9.92. The van der Waals surface area contributed by atoms with Crippen molar-refractivity contribution < 1.29 is 18.4 Å². The maximum absolute atomic E-state index is 12.6. The van der Waals surface area contributed by atoms with Crippen LogP contribution in [0, 0.1) is 0 Å². The number of carbonyl (C=O) groups is 1. The Labute approximate surface area is 122 Å². The second kappa shape index (κ2) is 6.60. The number of halogens is 4. The predicted molar refractivity (Wildman–Crippen MR) is 71.9 cm³/mol. The first-order chi connectivity index (χ1) is 8.73. The van der Waals surface area contributed by atoms with E-state index in [1.165, 1.54) is 32.4 Å². The Kier molecular flexibility index (Phi) is 5.66. The number of hydroxylamine groups is 2. The van der Waals surface area contributed by atoms with Crippen LogP contribution in [0.15, 0.2) is 23.1 Å². The van der Waals surface area contributed by atoms with Crippen LogP contribution in [0.5, 0.6) is 0 Å². The fourth-order valence-electron chi connectivity index (χ4n) is 1.07. The van der Waals surface area contributed by atoms with Crippen molar-refractivity contribution in [2.75, 3.05) is 19.5 Å². The number of rotatable bonds is 4. The van der Waals surface area contributed by atoms with Gasteiger partial charge in [-0.05, 0) is 41.6 Å². The van der Waals surface area contributed by atoms with E-state index in [1.807, 2.05) is 0 Å². The average Bonchev–Trinajstić information content (AvgIpc) is 2.30. The van der Waals surface area contributed by atoms with Gasteiger partial charge in [-0.2, -0.15) is 8.78 Å². The molecule has 1 N–H and O–H groups in total. The summed E-state index contributed by atoms with van der Waals surface area (Å²) in [5.41, 5.74) is 0.348. The summed E-state index contributed by atoms with van der Waals surface area (Å²) in [6.07, 6.45) is 0. The Bertz CT molecular complexity index is 471. The van der Waals surface area contributed by atoms with Crippen molar-refractivity contribution in [1.29, 1.82) is 0 Å². The van der Waals surface area contributed by atoms with Gasteiger partial charge in [-0.15, -0.1) is 0 Å². The lowest BCUT2D eigenvalue weighted by Gasteiger charge is -2.15. The molecule has 9 heteroatoms. The normalized spacial score (nSPS) is 11.3. The molecule has 0 aliphatic heterocycles. The Morgan fingerprint density at radius 3 is 2.63 bits per heavy atom. The lowest BCUT2D eigenvalue weighted by Crippen LogP contribution is -2.30. The largest absolute Gasteiger partial charge is 0.375 e. The molecule has 4 nitrogen and oxygen atoms in total. The van der Waals surface area contributed by atoms with Gasteiger partial charge < -0.3 is 5.32 Å². The minimum atomic E-state index is -3.44. The summed E-state index contributed by atoms with van der Waals surface area (Å²) in [7, 11) is 2.74. The molecule has 0 saturated heterocycles. The highest BCUT2D eigenvalue weighted by molar-refractivity contribution is 8.01. The first kappa shape index (κ1) is 16.3. The number of alkyl halides is 3. The van der Waals surface area contributed by atoms with E-state index in [9.17, 15) is 13.6 Å². The first-order valence-electron chi connectivity index (χ1n) is 4.87. The molecule has 0 radical (unpaired) electrons.